The first-order chi connectivity index (χ1) is 10.1. The molecule has 0 atom stereocenters. The Labute approximate surface area is 124 Å². The molecule has 2 aromatic rings. The lowest BCUT2D eigenvalue weighted by Gasteiger charge is -2.33. The van der Waals surface area contributed by atoms with Crippen LogP contribution in [0.15, 0.2) is 16.8 Å². The number of aryl methyl sites for hydroxylation is 1. The minimum absolute atomic E-state index is 0.276. The van der Waals surface area contributed by atoms with E-state index in [9.17, 15) is 0 Å². The highest BCUT2D eigenvalue weighted by Crippen LogP contribution is 2.19. The molecule has 1 fully saturated rings. The molecule has 7 nitrogen and oxygen atoms in total. The van der Waals surface area contributed by atoms with E-state index in [0.29, 0.717) is 11.9 Å². The molecule has 0 amide bonds. The van der Waals surface area contributed by atoms with Crippen LogP contribution in [0.1, 0.15) is 31.2 Å². The molecule has 0 radical (unpaired) electrons. The van der Waals surface area contributed by atoms with Gasteiger partial charge in [-0.25, -0.2) is 0 Å². The molecule has 2 aromatic heterocycles. The maximum atomic E-state index is 5.71. The van der Waals surface area contributed by atoms with Gasteiger partial charge in [-0.05, 0) is 0 Å². The number of nitrogens with zero attached hydrogens (tertiary/aromatic N) is 6. The fourth-order valence-electron chi connectivity index (χ4n) is 2.50. The van der Waals surface area contributed by atoms with E-state index >= 15 is 0 Å². The molecule has 0 bridgehead atoms. The summed E-state index contributed by atoms with van der Waals surface area (Å²) in [5.41, 5.74) is 1.26. The zero-order valence-corrected chi connectivity index (χ0v) is 12.9. The first-order valence-corrected chi connectivity index (χ1v) is 7.40. The summed E-state index contributed by atoms with van der Waals surface area (Å²) in [6, 6.07) is 0.653. The highest BCUT2D eigenvalue weighted by molar-refractivity contribution is 5.25. The third-order valence-corrected chi connectivity index (χ3v) is 3.73. The molecule has 0 spiro atoms. The van der Waals surface area contributed by atoms with Gasteiger partial charge < -0.3 is 9.32 Å². The van der Waals surface area contributed by atoms with Gasteiger partial charge in [0.15, 0.2) is 0 Å². The van der Waals surface area contributed by atoms with Gasteiger partial charge in [-0.3, -0.25) is 9.58 Å². The van der Waals surface area contributed by atoms with Crippen LogP contribution in [0.2, 0.25) is 0 Å². The van der Waals surface area contributed by atoms with Gasteiger partial charge in [0, 0.05) is 57.4 Å². The molecule has 0 aromatic carbocycles. The monoisotopic (exact) mass is 290 g/mol. The summed E-state index contributed by atoms with van der Waals surface area (Å²) in [4.78, 5) is 4.59. The van der Waals surface area contributed by atoms with Crippen LogP contribution in [0, 0.1) is 0 Å². The number of hydrogen-bond acceptors (Lipinski definition) is 6. The fourth-order valence-corrected chi connectivity index (χ4v) is 2.50. The molecule has 0 N–H and O–H groups in total. The summed E-state index contributed by atoms with van der Waals surface area (Å²) in [6.45, 7) is 8.89. The number of hydrogen-bond donors (Lipinski definition) is 0. The van der Waals surface area contributed by atoms with Gasteiger partial charge in [-0.2, -0.15) is 5.10 Å². The molecular formula is C14H22N6O. The number of rotatable bonds is 4. The van der Waals surface area contributed by atoms with Crippen LogP contribution < -0.4 is 4.90 Å². The molecule has 114 valence electrons. The Morgan fingerprint density at radius 3 is 2.52 bits per heavy atom. The van der Waals surface area contributed by atoms with Crippen molar-refractivity contribution < 1.29 is 4.42 Å². The summed E-state index contributed by atoms with van der Waals surface area (Å²) in [5.74, 6) is 0.987. The highest BCUT2D eigenvalue weighted by Gasteiger charge is 2.22. The first-order valence-electron chi connectivity index (χ1n) is 7.40. The summed E-state index contributed by atoms with van der Waals surface area (Å²) in [6.07, 6.45) is 4.00. The van der Waals surface area contributed by atoms with Gasteiger partial charge >= 0.3 is 6.01 Å². The van der Waals surface area contributed by atoms with Crippen LogP contribution in [0.25, 0.3) is 0 Å². The molecule has 7 heteroatoms. The average Bonchev–Trinajstić information content (AvgIpc) is 3.09. The van der Waals surface area contributed by atoms with E-state index in [1.807, 2.05) is 17.9 Å². The van der Waals surface area contributed by atoms with Gasteiger partial charge in [-0.1, -0.05) is 18.9 Å². The van der Waals surface area contributed by atoms with Gasteiger partial charge in [0.25, 0.3) is 0 Å². The molecule has 1 aliphatic rings. The van der Waals surface area contributed by atoms with Gasteiger partial charge in [-0.15, -0.1) is 5.10 Å². The van der Waals surface area contributed by atoms with Crippen LogP contribution in [0.4, 0.5) is 6.01 Å². The number of anilines is 1. The third kappa shape index (κ3) is 3.24. The lowest BCUT2D eigenvalue weighted by Crippen LogP contribution is -2.46. The van der Waals surface area contributed by atoms with Gasteiger partial charge in [0.1, 0.15) is 0 Å². The minimum atomic E-state index is 0.276. The van der Waals surface area contributed by atoms with Crippen molar-refractivity contribution in [1.82, 2.24) is 24.9 Å². The van der Waals surface area contributed by atoms with E-state index < -0.39 is 0 Å². The van der Waals surface area contributed by atoms with Crippen molar-refractivity contribution in [3.63, 3.8) is 0 Å². The van der Waals surface area contributed by atoms with Crippen LogP contribution >= 0.6 is 0 Å². The Hall–Kier alpha value is -1.89. The van der Waals surface area contributed by atoms with E-state index in [2.05, 4.69) is 45.1 Å². The smallest absolute Gasteiger partial charge is 0.318 e. The second kappa shape index (κ2) is 5.85. The van der Waals surface area contributed by atoms with Crippen molar-refractivity contribution >= 4 is 6.01 Å². The van der Waals surface area contributed by atoms with E-state index in [4.69, 9.17) is 4.42 Å². The van der Waals surface area contributed by atoms with Gasteiger partial charge in [0.2, 0.25) is 5.89 Å². The highest BCUT2D eigenvalue weighted by atomic mass is 16.4. The quantitative estimate of drug-likeness (QED) is 0.844. The van der Waals surface area contributed by atoms with E-state index in [1.165, 1.54) is 5.56 Å². The molecule has 3 rings (SSSR count). The lowest BCUT2D eigenvalue weighted by atomic mass is 10.2. The Kier molecular flexibility index (Phi) is 3.92. The maximum Gasteiger partial charge on any atom is 0.318 e. The summed E-state index contributed by atoms with van der Waals surface area (Å²) in [5, 5.41) is 12.5. The molecule has 0 aliphatic carbocycles. The topological polar surface area (TPSA) is 63.2 Å². The molecule has 1 aliphatic heterocycles. The lowest BCUT2D eigenvalue weighted by molar-refractivity contribution is 0.244. The number of aromatic nitrogens is 4. The first kappa shape index (κ1) is 14.1. The van der Waals surface area contributed by atoms with Crippen LogP contribution in [-0.2, 0) is 13.6 Å². The Bertz CT molecular complexity index is 582. The fraction of sp³-hybridized carbons (Fsp3) is 0.643. The van der Waals surface area contributed by atoms with Crippen LogP contribution in [-0.4, -0.2) is 51.1 Å². The SMILES string of the molecule is CC(C)c1nnc(N2CCN(Cc3cnn(C)c3)CC2)o1. The Morgan fingerprint density at radius 1 is 1.19 bits per heavy atom. The van der Waals surface area contributed by atoms with E-state index in [1.54, 1.807) is 0 Å². The minimum Gasteiger partial charge on any atom is -0.408 e. The molecule has 0 unspecified atom stereocenters. The van der Waals surface area contributed by atoms with E-state index in [0.717, 1.165) is 32.7 Å². The largest absolute Gasteiger partial charge is 0.408 e. The Morgan fingerprint density at radius 2 is 1.95 bits per heavy atom. The summed E-state index contributed by atoms with van der Waals surface area (Å²) in [7, 11) is 1.95. The molecular weight excluding hydrogens is 268 g/mol. The zero-order valence-electron chi connectivity index (χ0n) is 12.9. The standard InChI is InChI=1S/C14H22N6O/c1-11(2)13-16-17-14(21-13)20-6-4-19(5-7-20)10-12-8-15-18(3)9-12/h8-9,11H,4-7,10H2,1-3H3. The Balaban J connectivity index is 1.54. The van der Waals surface area contributed by atoms with E-state index in [-0.39, 0.29) is 5.92 Å². The molecule has 0 saturated carbocycles. The van der Waals surface area contributed by atoms with Gasteiger partial charge in [0.05, 0.1) is 6.20 Å². The molecule has 1 saturated heterocycles. The van der Waals surface area contributed by atoms with Crippen LogP contribution in [0.5, 0.6) is 0 Å². The van der Waals surface area contributed by atoms with Crippen molar-refractivity contribution in [2.45, 2.75) is 26.3 Å². The van der Waals surface area contributed by atoms with Crippen molar-refractivity contribution in [3.05, 3.63) is 23.8 Å². The second-order valence-corrected chi connectivity index (χ2v) is 5.86. The number of piperazine rings is 1. The van der Waals surface area contributed by atoms with Crippen molar-refractivity contribution in [1.29, 1.82) is 0 Å². The predicted molar refractivity (Wildman–Crippen MR) is 79.1 cm³/mol. The average molecular weight is 290 g/mol. The zero-order chi connectivity index (χ0) is 14.8. The van der Waals surface area contributed by atoms with Crippen LogP contribution in [0.3, 0.4) is 0 Å². The third-order valence-electron chi connectivity index (χ3n) is 3.73. The summed E-state index contributed by atoms with van der Waals surface area (Å²) < 4.78 is 7.56. The predicted octanol–water partition coefficient (Wildman–Crippen LogP) is 1.25. The molecule has 21 heavy (non-hydrogen) atoms. The van der Waals surface area contributed by atoms with Crippen molar-refractivity contribution in [3.8, 4) is 0 Å². The van der Waals surface area contributed by atoms with Crippen molar-refractivity contribution in [2.75, 3.05) is 31.1 Å². The second-order valence-electron chi connectivity index (χ2n) is 5.86. The molecule has 3 heterocycles. The summed E-state index contributed by atoms with van der Waals surface area (Å²) >= 11 is 0. The normalized spacial score (nSPS) is 16.9. The van der Waals surface area contributed by atoms with Crippen molar-refractivity contribution in [2.24, 2.45) is 7.05 Å². The maximum absolute atomic E-state index is 5.71.